The first-order chi connectivity index (χ1) is 8.65. The lowest BCUT2D eigenvalue weighted by Gasteiger charge is -2.14. The van der Waals surface area contributed by atoms with Gasteiger partial charge in [0.1, 0.15) is 5.75 Å². The van der Waals surface area contributed by atoms with Crippen molar-refractivity contribution < 1.29 is 9.53 Å². The highest BCUT2D eigenvalue weighted by atomic mass is 16.5. The number of rotatable bonds is 4. The molecule has 2 rings (SSSR count). The summed E-state index contributed by atoms with van der Waals surface area (Å²) in [5, 5.41) is 2.89. The smallest absolute Gasteiger partial charge is 0.251 e. The highest BCUT2D eigenvalue weighted by molar-refractivity contribution is 5.94. The lowest BCUT2D eigenvalue weighted by atomic mass is 10.2. The topological polar surface area (TPSA) is 38.3 Å². The van der Waals surface area contributed by atoms with Crippen LogP contribution < -0.4 is 10.1 Å². The van der Waals surface area contributed by atoms with Crippen molar-refractivity contribution in [1.82, 2.24) is 5.32 Å². The van der Waals surface area contributed by atoms with E-state index in [0.29, 0.717) is 11.7 Å². The number of nitrogens with one attached hydrogen (secondary N) is 1. The van der Waals surface area contributed by atoms with Gasteiger partial charge in [0.05, 0.1) is 6.10 Å². The average Bonchev–Trinajstić information content (AvgIpc) is 2.81. The molecule has 0 spiro atoms. The molecular formula is C16H25NO2. The Morgan fingerprint density at radius 1 is 1.32 bits per heavy atom. The first-order valence-electron chi connectivity index (χ1n) is 6.73. The molecular weight excluding hydrogens is 238 g/mol. The van der Waals surface area contributed by atoms with Gasteiger partial charge in [0.15, 0.2) is 0 Å². The van der Waals surface area contributed by atoms with Gasteiger partial charge >= 0.3 is 0 Å². The molecule has 0 radical (unpaired) electrons. The molecule has 0 unspecified atom stereocenters. The van der Waals surface area contributed by atoms with Crippen molar-refractivity contribution in [2.45, 2.75) is 59.1 Å². The second-order valence-electron chi connectivity index (χ2n) is 5.18. The van der Waals surface area contributed by atoms with Crippen molar-refractivity contribution in [2.24, 2.45) is 0 Å². The first-order valence-corrected chi connectivity index (χ1v) is 6.73. The van der Waals surface area contributed by atoms with Gasteiger partial charge in [-0.1, -0.05) is 13.5 Å². The van der Waals surface area contributed by atoms with Gasteiger partial charge in [-0.2, -0.15) is 0 Å². The summed E-state index contributed by atoms with van der Waals surface area (Å²) in [6, 6.07) is 7.59. The Balaban J connectivity index is 0.00000180. The van der Waals surface area contributed by atoms with Crippen molar-refractivity contribution in [2.75, 3.05) is 0 Å². The molecule has 106 valence electrons. The molecule has 3 heteroatoms. The number of ether oxygens (including phenoxy) is 1. The highest BCUT2D eigenvalue weighted by Crippen LogP contribution is 2.24. The summed E-state index contributed by atoms with van der Waals surface area (Å²) >= 11 is 0. The van der Waals surface area contributed by atoms with Crippen LogP contribution in [0.1, 0.15) is 57.3 Å². The van der Waals surface area contributed by atoms with E-state index in [2.05, 4.69) is 5.32 Å². The second kappa shape index (κ2) is 7.17. The van der Waals surface area contributed by atoms with Gasteiger partial charge < -0.3 is 10.1 Å². The van der Waals surface area contributed by atoms with Crippen molar-refractivity contribution in [3.63, 3.8) is 0 Å². The average molecular weight is 263 g/mol. The summed E-state index contributed by atoms with van der Waals surface area (Å²) in [7, 11) is 0. The van der Waals surface area contributed by atoms with Gasteiger partial charge in [-0.05, 0) is 57.7 Å². The molecule has 0 bridgehead atoms. The maximum absolute atomic E-state index is 11.9. The molecule has 0 heterocycles. The Morgan fingerprint density at radius 2 is 2.00 bits per heavy atom. The van der Waals surface area contributed by atoms with Crippen LogP contribution in [0.5, 0.6) is 5.75 Å². The summed E-state index contributed by atoms with van der Waals surface area (Å²) in [6.45, 7) is 3.91. The van der Waals surface area contributed by atoms with Gasteiger partial charge in [0, 0.05) is 11.6 Å². The van der Waals surface area contributed by atoms with E-state index in [-0.39, 0.29) is 19.4 Å². The van der Waals surface area contributed by atoms with Gasteiger partial charge in [0.2, 0.25) is 0 Å². The quantitative estimate of drug-likeness (QED) is 0.897. The Morgan fingerprint density at radius 3 is 2.63 bits per heavy atom. The van der Waals surface area contributed by atoms with E-state index in [9.17, 15) is 4.79 Å². The first kappa shape index (κ1) is 15.5. The van der Waals surface area contributed by atoms with Crippen molar-refractivity contribution in [3.05, 3.63) is 29.8 Å². The van der Waals surface area contributed by atoms with Crippen molar-refractivity contribution in [3.8, 4) is 5.75 Å². The van der Waals surface area contributed by atoms with Crippen molar-refractivity contribution in [1.29, 1.82) is 0 Å². The summed E-state index contributed by atoms with van der Waals surface area (Å²) < 4.78 is 5.89. The zero-order valence-electron chi connectivity index (χ0n) is 11.1. The zero-order valence-corrected chi connectivity index (χ0v) is 11.1. The molecule has 1 N–H and O–H groups in total. The minimum Gasteiger partial charge on any atom is -0.490 e. The molecule has 1 saturated carbocycles. The van der Waals surface area contributed by atoms with E-state index in [1.165, 1.54) is 12.8 Å². The molecule has 1 aliphatic rings. The van der Waals surface area contributed by atoms with Crippen LogP contribution in [0.2, 0.25) is 0 Å². The second-order valence-corrected chi connectivity index (χ2v) is 5.18. The van der Waals surface area contributed by atoms with Gasteiger partial charge in [-0.15, -0.1) is 0 Å². The lowest BCUT2D eigenvalue weighted by Crippen LogP contribution is -2.30. The van der Waals surface area contributed by atoms with E-state index >= 15 is 0 Å². The summed E-state index contributed by atoms with van der Waals surface area (Å²) in [5.74, 6) is 0.764. The molecule has 0 aromatic heterocycles. The van der Waals surface area contributed by atoms with Crippen LogP contribution in [0, 0.1) is 0 Å². The normalized spacial score (nSPS) is 15.1. The SMILES string of the molecule is C.CC(C)NC(=O)c1cccc(OC2CCCC2)c1. The fourth-order valence-corrected chi connectivity index (χ4v) is 2.25. The number of benzene rings is 1. The van der Waals surface area contributed by atoms with E-state index in [0.717, 1.165) is 18.6 Å². The molecule has 19 heavy (non-hydrogen) atoms. The number of hydrogen-bond acceptors (Lipinski definition) is 2. The maximum Gasteiger partial charge on any atom is 0.251 e. The predicted octanol–water partition coefficient (Wildman–Crippen LogP) is 3.78. The largest absolute Gasteiger partial charge is 0.490 e. The minimum absolute atomic E-state index is 0. The van der Waals surface area contributed by atoms with Crippen LogP contribution in [0.15, 0.2) is 24.3 Å². The van der Waals surface area contributed by atoms with Crippen LogP contribution >= 0.6 is 0 Å². The van der Waals surface area contributed by atoms with Crippen LogP contribution in [-0.2, 0) is 0 Å². The highest BCUT2D eigenvalue weighted by Gasteiger charge is 2.17. The van der Waals surface area contributed by atoms with E-state index < -0.39 is 0 Å². The predicted molar refractivity (Wildman–Crippen MR) is 78.7 cm³/mol. The van der Waals surface area contributed by atoms with Crippen molar-refractivity contribution >= 4 is 5.91 Å². The van der Waals surface area contributed by atoms with Crippen LogP contribution in [0.3, 0.4) is 0 Å². The zero-order chi connectivity index (χ0) is 13.0. The molecule has 0 aliphatic heterocycles. The molecule has 1 aliphatic carbocycles. The molecule has 1 aromatic carbocycles. The number of carbonyl (C=O) groups excluding carboxylic acids is 1. The summed E-state index contributed by atoms with van der Waals surface area (Å²) in [5.41, 5.74) is 0.666. The standard InChI is InChI=1S/C15H21NO2.CH4/c1-11(2)16-15(17)12-6-5-9-14(10-12)18-13-7-3-4-8-13;/h5-6,9-11,13H,3-4,7-8H2,1-2H3,(H,16,17);1H4. The third kappa shape index (κ3) is 4.58. The summed E-state index contributed by atoms with van der Waals surface area (Å²) in [6.07, 6.45) is 5.08. The summed E-state index contributed by atoms with van der Waals surface area (Å²) in [4.78, 5) is 11.9. The van der Waals surface area contributed by atoms with Crippen LogP contribution in [0.25, 0.3) is 0 Å². The van der Waals surface area contributed by atoms with Gasteiger partial charge in [-0.25, -0.2) is 0 Å². The number of carbonyl (C=O) groups is 1. The van der Waals surface area contributed by atoms with E-state index in [1.54, 1.807) is 0 Å². The monoisotopic (exact) mass is 263 g/mol. The molecule has 0 atom stereocenters. The minimum atomic E-state index is -0.0399. The molecule has 3 nitrogen and oxygen atoms in total. The molecule has 1 fully saturated rings. The maximum atomic E-state index is 11.9. The molecule has 1 amide bonds. The lowest BCUT2D eigenvalue weighted by molar-refractivity contribution is 0.0942. The Bertz CT molecular complexity index is 409. The fourth-order valence-electron chi connectivity index (χ4n) is 2.25. The third-order valence-corrected chi connectivity index (χ3v) is 3.12. The van der Waals surface area contributed by atoms with Gasteiger partial charge in [-0.3, -0.25) is 4.79 Å². The third-order valence-electron chi connectivity index (χ3n) is 3.12. The van der Waals surface area contributed by atoms with Crippen LogP contribution in [-0.4, -0.2) is 18.1 Å². The Kier molecular flexibility index (Phi) is 5.87. The number of hydrogen-bond donors (Lipinski definition) is 1. The molecule has 0 saturated heterocycles. The van der Waals surface area contributed by atoms with E-state index in [1.807, 2.05) is 38.1 Å². The Labute approximate surface area is 116 Å². The molecule has 1 aromatic rings. The Hall–Kier alpha value is -1.51. The van der Waals surface area contributed by atoms with Gasteiger partial charge in [0.25, 0.3) is 5.91 Å². The van der Waals surface area contributed by atoms with Crippen LogP contribution in [0.4, 0.5) is 0 Å². The number of amides is 1. The van der Waals surface area contributed by atoms with E-state index in [4.69, 9.17) is 4.74 Å². The fraction of sp³-hybridized carbons (Fsp3) is 0.562.